The molecule has 27 heavy (non-hydrogen) atoms. The molecule has 0 saturated carbocycles. The van der Waals surface area contributed by atoms with Gasteiger partial charge < -0.3 is 15.1 Å². The van der Waals surface area contributed by atoms with Gasteiger partial charge in [-0.15, -0.1) is 10.2 Å². The molecule has 7 heteroatoms. The van der Waals surface area contributed by atoms with E-state index in [1.807, 2.05) is 30.3 Å². The van der Waals surface area contributed by atoms with Gasteiger partial charge in [0.25, 0.3) is 5.91 Å². The summed E-state index contributed by atoms with van der Waals surface area (Å²) in [6, 6.07) is 11.1. The number of fused-ring (bicyclic) bond motifs is 1. The highest BCUT2D eigenvalue weighted by molar-refractivity contribution is 5.95. The van der Waals surface area contributed by atoms with E-state index in [0.717, 1.165) is 30.2 Å². The molecule has 2 amide bonds. The van der Waals surface area contributed by atoms with E-state index in [4.69, 9.17) is 0 Å². The van der Waals surface area contributed by atoms with Crippen LogP contribution in [-0.4, -0.2) is 41.6 Å². The zero-order valence-electron chi connectivity index (χ0n) is 15.4. The first-order valence-electron chi connectivity index (χ1n) is 9.40. The fourth-order valence-corrected chi connectivity index (χ4v) is 3.83. The fourth-order valence-electron chi connectivity index (χ4n) is 3.83. The number of benzene rings is 1. The molecule has 1 fully saturated rings. The summed E-state index contributed by atoms with van der Waals surface area (Å²) in [4.78, 5) is 28.5. The lowest BCUT2D eigenvalue weighted by molar-refractivity contribution is -0.116. The molecule has 140 valence electrons. The Balaban J connectivity index is 1.49. The average molecular weight is 365 g/mol. The third kappa shape index (κ3) is 3.49. The minimum absolute atomic E-state index is 0.00981. The number of amides is 2. The van der Waals surface area contributed by atoms with E-state index in [1.54, 1.807) is 17.9 Å². The normalized spacial score (nSPS) is 18.9. The molecule has 1 aromatic carbocycles. The summed E-state index contributed by atoms with van der Waals surface area (Å²) in [5, 5.41) is 11.4. The number of nitrogens with zero attached hydrogens (tertiary/aromatic N) is 4. The monoisotopic (exact) mass is 365 g/mol. The number of rotatable bonds is 3. The second kappa shape index (κ2) is 7.34. The van der Waals surface area contributed by atoms with Crippen molar-refractivity contribution in [3.05, 3.63) is 47.7 Å². The summed E-state index contributed by atoms with van der Waals surface area (Å²) in [6.07, 6.45) is 3.01. The van der Waals surface area contributed by atoms with Crippen molar-refractivity contribution < 1.29 is 9.59 Å². The first-order valence-corrected chi connectivity index (χ1v) is 9.40. The molecule has 1 saturated heterocycles. The number of anilines is 2. The van der Waals surface area contributed by atoms with Gasteiger partial charge in [-0.05, 0) is 43.0 Å². The number of para-hydroxylation sites is 1. The van der Waals surface area contributed by atoms with Crippen molar-refractivity contribution in [2.24, 2.45) is 0 Å². The van der Waals surface area contributed by atoms with Crippen molar-refractivity contribution in [2.45, 2.75) is 32.2 Å². The Bertz CT molecular complexity index is 846. The smallest absolute Gasteiger partial charge is 0.272 e. The Hall–Kier alpha value is -2.96. The van der Waals surface area contributed by atoms with E-state index in [1.165, 1.54) is 12.8 Å². The van der Waals surface area contributed by atoms with Crippen LogP contribution in [0.3, 0.4) is 0 Å². The number of hydrogen-bond acceptors (Lipinski definition) is 5. The van der Waals surface area contributed by atoms with Gasteiger partial charge in [0, 0.05) is 32.2 Å². The van der Waals surface area contributed by atoms with Crippen molar-refractivity contribution >= 4 is 23.3 Å². The number of carbonyl (C=O) groups excluding carboxylic acids is 2. The van der Waals surface area contributed by atoms with E-state index in [9.17, 15) is 9.59 Å². The maximum Gasteiger partial charge on any atom is 0.272 e. The second-order valence-corrected chi connectivity index (χ2v) is 7.02. The summed E-state index contributed by atoms with van der Waals surface area (Å²) in [5.41, 5.74) is 2.12. The fraction of sp³-hybridized carbons (Fsp3) is 0.400. The van der Waals surface area contributed by atoms with Crippen LogP contribution in [0, 0.1) is 0 Å². The predicted octanol–water partition coefficient (Wildman–Crippen LogP) is 2.30. The van der Waals surface area contributed by atoms with Gasteiger partial charge in [0.2, 0.25) is 5.91 Å². The van der Waals surface area contributed by atoms with Gasteiger partial charge in [-0.1, -0.05) is 18.2 Å². The molecule has 2 aliphatic heterocycles. The zero-order chi connectivity index (χ0) is 18.8. The lowest BCUT2D eigenvalue weighted by atomic mass is 9.96. The van der Waals surface area contributed by atoms with E-state index in [0.29, 0.717) is 18.7 Å². The highest BCUT2D eigenvalue weighted by Crippen LogP contribution is 2.33. The Kier molecular flexibility index (Phi) is 4.75. The maximum atomic E-state index is 12.7. The summed E-state index contributed by atoms with van der Waals surface area (Å²) in [7, 11) is 0. The largest absolute Gasteiger partial charge is 0.355 e. The van der Waals surface area contributed by atoms with Crippen LogP contribution in [-0.2, 0) is 4.79 Å². The molecule has 1 aromatic heterocycles. The minimum Gasteiger partial charge on any atom is -0.355 e. The summed E-state index contributed by atoms with van der Waals surface area (Å²) in [6.45, 7) is 4.13. The quantitative estimate of drug-likeness (QED) is 0.903. The molecule has 2 aromatic rings. The van der Waals surface area contributed by atoms with Gasteiger partial charge in [0.1, 0.15) is 0 Å². The van der Waals surface area contributed by atoms with Crippen LogP contribution in [0.25, 0.3) is 0 Å². The highest BCUT2D eigenvalue weighted by atomic mass is 16.2. The molecule has 0 radical (unpaired) electrons. The van der Waals surface area contributed by atoms with Crippen molar-refractivity contribution in [2.75, 3.05) is 29.4 Å². The lowest BCUT2D eigenvalue weighted by Gasteiger charge is -2.34. The Morgan fingerprint density at radius 2 is 1.81 bits per heavy atom. The standard InChI is InChI=1S/C20H23N5O2/c1-14(26)25-13-10-16(15-6-2-3-7-18(15)25)21-20(27)17-8-9-19(23-22-17)24-11-4-5-12-24/h2-3,6-9,16H,4-5,10-13H2,1H3,(H,21,27). The van der Waals surface area contributed by atoms with Crippen LogP contribution in [0.5, 0.6) is 0 Å². The van der Waals surface area contributed by atoms with Gasteiger partial charge in [0.05, 0.1) is 6.04 Å². The SMILES string of the molecule is CC(=O)N1CCC(NC(=O)c2ccc(N3CCCC3)nn2)c2ccccc21. The van der Waals surface area contributed by atoms with Crippen LogP contribution >= 0.6 is 0 Å². The van der Waals surface area contributed by atoms with E-state index >= 15 is 0 Å². The molecule has 0 spiro atoms. The number of carbonyl (C=O) groups is 2. The van der Waals surface area contributed by atoms with Crippen LogP contribution in [0.4, 0.5) is 11.5 Å². The Labute approximate surface area is 158 Å². The van der Waals surface area contributed by atoms with Gasteiger partial charge >= 0.3 is 0 Å². The third-order valence-corrected chi connectivity index (χ3v) is 5.24. The third-order valence-electron chi connectivity index (χ3n) is 5.24. The molecule has 1 N–H and O–H groups in total. The first-order chi connectivity index (χ1) is 13.1. The van der Waals surface area contributed by atoms with Gasteiger partial charge in [0.15, 0.2) is 11.5 Å². The van der Waals surface area contributed by atoms with Crippen molar-refractivity contribution in [1.82, 2.24) is 15.5 Å². The Morgan fingerprint density at radius 3 is 2.52 bits per heavy atom. The van der Waals surface area contributed by atoms with Crippen molar-refractivity contribution in [1.29, 1.82) is 0 Å². The number of hydrogen-bond donors (Lipinski definition) is 1. The minimum atomic E-state index is -0.244. The topological polar surface area (TPSA) is 78.4 Å². The van der Waals surface area contributed by atoms with Crippen molar-refractivity contribution in [3.8, 4) is 0 Å². The average Bonchev–Trinajstić information content (AvgIpc) is 3.23. The molecule has 7 nitrogen and oxygen atoms in total. The first kappa shape index (κ1) is 17.5. The zero-order valence-corrected chi connectivity index (χ0v) is 15.4. The summed E-state index contributed by atoms with van der Waals surface area (Å²) >= 11 is 0. The van der Waals surface area contributed by atoms with Crippen LogP contribution in [0.15, 0.2) is 36.4 Å². The molecule has 1 unspecified atom stereocenters. The lowest BCUT2D eigenvalue weighted by Crippen LogP contribution is -2.40. The van der Waals surface area contributed by atoms with Gasteiger partial charge in [-0.25, -0.2) is 0 Å². The second-order valence-electron chi connectivity index (χ2n) is 7.02. The van der Waals surface area contributed by atoms with Crippen LogP contribution in [0.2, 0.25) is 0 Å². The summed E-state index contributed by atoms with van der Waals surface area (Å²) < 4.78 is 0. The number of nitrogens with one attached hydrogen (secondary N) is 1. The molecule has 2 aliphatic rings. The molecule has 0 bridgehead atoms. The molecule has 3 heterocycles. The Morgan fingerprint density at radius 1 is 1.04 bits per heavy atom. The highest BCUT2D eigenvalue weighted by Gasteiger charge is 2.28. The molecule has 0 aliphatic carbocycles. The van der Waals surface area contributed by atoms with E-state index in [-0.39, 0.29) is 17.9 Å². The molecular formula is C20H23N5O2. The molecule has 1 atom stereocenters. The van der Waals surface area contributed by atoms with Crippen LogP contribution < -0.4 is 15.1 Å². The van der Waals surface area contributed by atoms with Crippen molar-refractivity contribution in [3.63, 3.8) is 0 Å². The van der Waals surface area contributed by atoms with E-state index < -0.39 is 0 Å². The molecule has 4 rings (SSSR count). The number of aromatic nitrogens is 2. The molecular weight excluding hydrogens is 342 g/mol. The van der Waals surface area contributed by atoms with Crippen LogP contribution in [0.1, 0.15) is 48.3 Å². The van der Waals surface area contributed by atoms with Gasteiger partial charge in [-0.3, -0.25) is 9.59 Å². The van der Waals surface area contributed by atoms with E-state index in [2.05, 4.69) is 20.4 Å². The summed E-state index contributed by atoms with van der Waals surface area (Å²) in [5.74, 6) is 0.589. The maximum absolute atomic E-state index is 12.7. The van der Waals surface area contributed by atoms with Gasteiger partial charge in [-0.2, -0.15) is 0 Å². The predicted molar refractivity (Wildman–Crippen MR) is 103 cm³/mol.